The van der Waals surface area contributed by atoms with Crippen LogP contribution >= 0.6 is 34.7 Å². The first-order valence-electron chi connectivity index (χ1n) is 13.8. The summed E-state index contributed by atoms with van der Waals surface area (Å²) in [6.07, 6.45) is 9.51. The number of anilines is 1. The second-order valence-electron chi connectivity index (χ2n) is 9.65. The van der Waals surface area contributed by atoms with Crippen LogP contribution in [-0.4, -0.2) is 20.3 Å². The first-order chi connectivity index (χ1) is 20.1. The van der Waals surface area contributed by atoms with Gasteiger partial charge in [0.2, 0.25) is 0 Å². The van der Waals surface area contributed by atoms with Gasteiger partial charge in [0.05, 0.1) is 16.5 Å². The Bertz CT molecular complexity index is 1610. The van der Waals surface area contributed by atoms with Crippen LogP contribution in [0.4, 0.5) is 5.69 Å². The largest absolute Gasteiger partial charge is 0.399 e. The van der Waals surface area contributed by atoms with Gasteiger partial charge in [-0.15, -0.1) is 11.3 Å². The summed E-state index contributed by atoms with van der Waals surface area (Å²) in [6.45, 7) is 2.23. The maximum Gasteiger partial charge on any atom is 0.151 e. The van der Waals surface area contributed by atoms with Crippen LogP contribution in [0.5, 0.6) is 0 Å². The van der Waals surface area contributed by atoms with E-state index in [4.69, 9.17) is 17.3 Å². The number of imidazole rings is 1. The van der Waals surface area contributed by atoms with Gasteiger partial charge >= 0.3 is 0 Å². The fraction of sp³-hybridized carbons (Fsp3) is 0.176. The highest BCUT2D eigenvalue weighted by Gasteiger charge is 2.39. The number of benzene rings is 4. The summed E-state index contributed by atoms with van der Waals surface area (Å²) < 4.78 is 4.48. The van der Waals surface area contributed by atoms with Gasteiger partial charge in [0.15, 0.2) is 4.34 Å². The Morgan fingerprint density at radius 1 is 0.878 bits per heavy atom. The van der Waals surface area contributed by atoms with E-state index in [0.717, 1.165) is 37.3 Å². The molecule has 0 fully saturated rings. The normalized spacial score (nSPS) is 11.3. The van der Waals surface area contributed by atoms with Crippen molar-refractivity contribution < 1.29 is 0 Å². The van der Waals surface area contributed by atoms with Crippen LogP contribution in [0.3, 0.4) is 0 Å². The summed E-state index contributed by atoms with van der Waals surface area (Å²) in [6, 6.07) is 34.7. The molecule has 4 nitrogen and oxygen atoms in total. The lowest BCUT2D eigenvalue weighted by molar-refractivity contribution is 0.515. The molecule has 0 aliphatic heterocycles. The van der Waals surface area contributed by atoms with Crippen LogP contribution in [0.2, 0.25) is 5.02 Å². The Hall–Kier alpha value is -3.58. The fourth-order valence-corrected chi connectivity index (χ4v) is 7.44. The summed E-state index contributed by atoms with van der Waals surface area (Å²) >= 11 is 10.3. The third-order valence-corrected chi connectivity index (χ3v) is 9.48. The molecule has 0 aliphatic carbocycles. The van der Waals surface area contributed by atoms with Crippen LogP contribution in [0.25, 0.3) is 10.2 Å². The zero-order chi connectivity index (χ0) is 28.5. The quantitative estimate of drug-likeness (QED) is 0.0781. The number of hydrogen-bond donors (Lipinski definition) is 1. The van der Waals surface area contributed by atoms with E-state index >= 15 is 0 Å². The summed E-state index contributed by atoms with van der Waals surface area (Å²) in [5.41, 5.74) is 10.3. The average molecular weight is 597 g/mol. The molecule has 6 rings (SSSR count). The predicted molar refractivity (Wildman–Crippen MR) is 176 cm³/mol. The van der Waals surface area contributed by atoms with Gasteiger partial charge in [0.1, 0.15) is 5.54 Å². The molecule has 0 saturated carbocycles. The third kappa shape index (κ3) is 6.51. The molecule has 0 unspecified atom stereocenters. The lowest BCUT2D eigenvalue weighted by Gasteiger charge is -2.37. The number of aromatic nitrogens is 3. The van der Waals surface area contributed by atoms with Crippen LogP contribution in [0.15, 0.2) is 126 Å². The lowest BCUT2D eigenvalue weighted by atomic mass is 9.76. The number of fused-ring (bicyclic) bond motifs is 1. The van der Waals surface area contributed by atoms with Crippen molar-refractivity contribution in [3.8, 4) is 0 Å². The van der Waals surface area contributed by atoms with Gasteiger partial charge in [-0.05, 0) is 41.8 Å². The molecule has 41 heavy (non-hydrogen) atoms. The van der Waals surface area contributed by atoms with E-state index in [2.05, 4.69) is 76.1 Å². The summed E-state index contributed by atoms with van der Waals surface area (Å²) in [5.74, 6) is 1.17. The molecule has 0 atom stereocenters. The standard InChI is InChI=1S/C22H17ClN2.C12H16N2S2/c23-21-14-8-7-13-20(21)22(25-16-15-24-17-25,18-9-3-1-4-10-18)19-11-5-2-6-12-19;1-2-3-4-7-15-12-14-10-6-5-9(13)8-11(10)16-12/h1-17H;5-6,8H,2-4,7,13H2,1H3. The average Bonchev–Trinajstić information content (AvgIpc) is 3.69. The van der Waals surface area contributed by atoms with Gasteiger partial charge in [-0.1, -0.05) is 122 Å². The topological polar surface area (TPSA) is 56.7 Å². The SMILES string of the molecule is CCCCCSc1nc2ccc(N)cc2s1.Clc1ccccc1C(c1ccccc1)(c1ccccc1)n1ccnc1. The lowest BCUT2D eigenvalue weighted by Crippen LogP contribution is -2.37. The molecule has 0 saturated heterocycles. The second kappa shape index (κ2) is 13.9. The number of nitrogens with zero attached hydrogens (tertiary/aromatic N) is 3. The number of thioether (sulfide) groups is 1. The van der Waals surface area contributed by atoms with Crippen molar-refractivity contribution in [2.75, 3.05) is 11.5 Å². The van der Waals surface area contributed by atoms with Crippen molar-refractivity contribution in [1.82, 2.24) is 14.5 Å². The molecule has 2 heterocycles. The number of thiazole rings is 1. The van der Waals surface area contributed by atoms with Gasteiger partial charge < -0.3 is 10.3 Å². The van der Waals surface area contributed by atoms with E-state index in [1.54, 1.807) is 17.5 Å². The molecule has 0 radical (unpaired) electrons. The summed E-state index contributed by atoms with van der Waals surface area (Å²) in [7, 11) is 0. The van der Waals surface area contributed by atoms with Gasteiger partial charge in [0, 0.05) is 34.4 Å². The van der Waals surface area contributed by atoms with Crippen molar-refractivity contribution in [3.63, 3.8) is 0 Å². The molecule has 6 aromatic rings. The van der Waals surface area contributed by atoms with Gasteiger partial charge in [-0.25, -0.2) is 9.97 Å². The zero-order valence-electron chi connectivity index (χ0n) is 23.0. The Balaban J connectivity index is 0.000000182. The molecule has 2 aromatic heterocycles. The monoisotopic (exact) mass is 596 g/mol. The maximum absolute atomic E-state index is 6.69. The summed E-state index contributed by atoms with van der Waals surface area (Å²) in [5, 5.41) is 0.726. The van der Waals surface area contributed by atoms with Crippen LogP contribution in [-0.2, 0) is 5.54 Å². The minimum absolute atomic E-state index is 0.586. The van der Waals surface area contributed by atoms with E-state index in [9.17, 15) is 0 Å². The molecular weight excluding hydrogens is 564 g/mol. The highest BCUT2D eigenvalue weighted by molar-refractivity contribution is 8.01. The second-order valence-corrected chi connectivity index (χ2v) is 12.4. The van der Waals surface area contributed by atoms with Crippen molar-refractivity contribution in [2.45, 2.75) is 36.1 Å². The van der Waals surface area contributed by atoms with Crippen molar-refractivity contribution in [1.29, 1.82) is 0 Å². The minimum atomic E-state index is -0.586. The number of unbranched alkanes of at least 4 members (excludes halogenated alkanes) is 2. The fourth-order valence-electron chi connectivity index (χ4n) is 4.98. The molecule has 0 spiro atoms. The Morgan fingerprint density at radius 2 is 1.56 bits per heavy atom. The predicted octanol–water partition coefficient (Wildman–Crippen LogP) is 9.54. The van der Waals surface area contributed by atoms with E-state index < -0.39 is 5.54 Å². The summed E-state index contributed by atoms with van der Waals surface area (Å²) in [4.78, 5) is 8.89. The molecular formula is C34H33ClN4S2. The molecule has 4 aromatic carbocycles. The van der Waals surface area contributed by atoms with Gasteiger partial charge in [-0.3, -0.25) is 0 Å². The Labute approximate surface area is 255 Å². The number of halogens is 1. The van der Waals surface area contributed by atoms with Gasteiger partial charge in [-0.2, -0.15) is 0 Å². The smallest absolute Gasteiger partial charge is 0.151 e. The zero-order valence-corrected chi connectivity index (χ0v) is 25.4. The molecule has 0 amide bonds. The van der Waals surface area contributed by atoms with Crippen LogP contribution < -0.4 is 5.73 Å². The molecule has 0 bridgehead atoms. The number of hydrogen-bond acceptors (Lipinski definition) is 5. The number of rotatable bonds is 9. The van der Waals surface area contributed by atoms with Crippen molar-refractivity contribution in [2.24, 2.45) is 0 Å². The van der Waals surface area contributed by atoms with E-state index in [1.165, 1.54) is 29.7 Å². The van der Waals surface area contributed by atoms with E-state index in [1.807, 2.05) is 72.8 Å². The van der Waals surface area contributed by atoms with Crippen LogP contribution in [0.1, 0.15) is 42.9 Å². The first kappa shape index (κ1) is 28.9. The molecule has 7 heteroatoms. The Kier molecular flexibility index (Phi) is 9.78. The molecule has 208 valence electrons. The minimum Gasteiger partial charge on any atom is -0.399 e. The van der Waals surface area contributed by atoms with E-state index in [0.29, 0.717) is 0 Å². The van der Waals surface area contributed by atoms with Gasteiger partial charge in [0.25, 0.3) is 0 Å². The van der Waals surface area contributed by atoms with Crippen LogP contribution in [0, 0.1) is 0 Å². The first-order valence-corrected chi connectivity index (χ1v) is 15.9. The van der Waals surface area contributed by atoms with Crippen molar-refractivity contribution in [3.05, 3.63) is 144 Å². The molecule has 2 N–H and O–H groups in total. The third-order valence-electron chi connectivity index (χ3n) is 6.90. The Morgan fingerprint density at radius 3 is 2.20 bits per heavy atom. The van der Waals surface area contributed by atoms with Crippen molar-refractivity contribution >= 4 is 50.6 Å². The molecule has 0 aliphatic rings. The highest BCUT2D eigenvalue weighted by Crippen LogP contribution is 2.43. The number of nitrogen functional groups attached to an aromatic ring is 1. The highest BCUT2D eigenvalue weighted by atomic mass is 35.5. The van der Waals surface area contributed by atoms with E-state index in [-0.39, 0.29) is 0 Å². The number of nitrogens with two attached hydrogens (primary N) is 1. The maximum atomic E-state index is 6.69.